The SMILES string of the molecule is O=C(O)c1csc(S(=O)(=O)Nc2cccc(-c3nc4ccccc4s3)c2)c1. The van der Waals surface area contributed by atoms with Gasteiger partial charge < -0.3 is 5.11 Å². The molecule has 0 atom stereocenters. The summed E-state index contributed by atoms with van der Waals surface area (Å²) in [6, 6.07) is 15.9. The van der Waals surface area contributed by atoms with Crippen LogP contribution in [0.1, 0.15) is 10.4 Å². The molecule has 9 heteroatoms. The van der Waals surface area contributed by atoms with E-state index in [2.05, 4.69) is 9.71 Å². The smallest absolute Gasteiger partial charge is 0.336 e. The number of thiazole rings is 1. The van der Waals surface area contributed by atoms with Gasteiger partial charge in [0.15, 0.2) is 0 Å². The van der Waals surface area contributed by atoms with Crippen molar-refractivity contribution in [2.75, 3.05) is 4.72 Å². The average Bonchev–Trinajstić information content (AvgIpc) is 3.29. The Hall–Kier alpha value is -2.75. The first-order valence-corrected chi connectivity index (χ1v) is 10.9. The zero-order valence-corrected chi connectivity index (χ0v) is 16.1. The summed E-state index contributed by atoms with van der Waals surface area (Å²) in [4.78, 5) is 15.5. The number of aromatic carboxylic acids is 1. The molecular weight excluding hydrogens is 404 g/mol. The molecule has 0 spiro atoms. The lowest BCUT2D eigenvalue weighted by Crippen LogP contribution is -2.11. The molecule has 0 amide bonds. The number of sulfonamides is 1. The summed E-state index contributed by atoms with van der Waals surface area (Å²) in [7, 11) is -3.86. The normalized spacial score (nSPS) is 11.6. The number of thiophene rings is 1. The summed E-state index contributed by atoms with van der Waals surface area (Å²) < 4.78 is 28.5. The fourth-order valence-electron chi connectivity index (χ4n) is 2.49. The summed E-state index contributed by atoms with van der Waals surface area (Å²) in [5.41, 5.74) is 2.03. The molecule has 2 heterocycles. The number of aromatic nitrogens is 1. The van der Waals surface area contributed by atoms with Crippen LogP contribution < -0.4 is 4.72 Å². The third-order valence-electron chi connectivity index (χ3n) is 3.74. The Labute approximate surface area is 162 Å². The molecule has 0 saturated carbocycles. The molecule has 0 aliphatic rings. The quantitative estimate of drug-likeness (QED) is 0.498. The number of nitrogens with zero attached hydrogens (tertiary/aromatic N) is 1. The first-order chi connectivity index (χ1) is 12.9. The Balaban J connectivity index is 1.64. The molecule has 0 radical (unpaired) electrons. The molecule has 4 rings (SSSR count). The van der Waals surface area contributed by atoms with E-state index >= 15 is 0 Å². The molecule has 2 N–H and O–H groups in total. The Morgan fingerprint density at radius 1 is 1.07 bits per heavy atom. The van der Waals surface area contributed by atoms with Crippen molar-refractivity contribution >= 4 is 54.6 Å². The zero-order chi connectivity index (χ0) is 19.0. The number of anilines is 1. The number of benzene rings is 2. The maximum Gasteiger partial charge on any atom is 0.336 e. The largest absolute Gasteiger partial charge is 0.478 e. The Morgan fingerprint density at radius 3 is 2.63 bits per heavy atom. The van der Waals surface area contributed by atoms with Crippen molar-refractivity contribution in [3.05, 3.63) is 65.5 Å². The minimum Gasteiger partial charge on any atom is -0.478 e. The second kappa shape index (κ2) is 6.76. The molecule has 0 aliphatic heterocycles. The molecule has 2 aromatic heterocycles. The molecule has 136 valence electrons. The Morgan fingerprint density at radius 2 is 1.89 bits per heavy atom. The Bertz CT molecular complexity index is 1230. The second-order valence-electron chi connectivity index (χ2n) is 5.63. The van der Waals surface area contributed by atoms with Crippen molar-refractivity contribution in [1.82, 2.24) is 4.98 Å². The summed E-state index contributed by atoms with van der Waals surface area (Å²) in [5.74, 6) is -1.16. The number of para-hydroxylation sites is 1. The van der Waals surface area contributed by atoms with Gasteiger partial charge in [0.2, 0.25) is 0 Å². The van der Waals surface area contributed by atoms with Crippen molar-refractivity contribution in [3.8, 4) is 10.6 Å². The average molecular weight is 417 g/mol. The molecule has 0 fully saturated rings. The minimum absolute atomic E-state index is 0.0507. The monoisotopic (exact) mass is 416 g/mol. The topological polar surface area (TPSA) is 96.4 Å². The van der Waals surface area contributed by atoms with Gasteiger partial charge in [-0.2, -0.15) is 0 Å². The van der Waals surface area contributed by atoms with Crippen LogP contribution in [-0.2, 0) is 10.0 Å². The highest BCUT2D eigenvalue weighted by Crippen LogP contribution is 2.32. The van der Waals surface area contributed by atoms with Crippen LogP contribution >= 0.6 is 22.7 Å². The first kappa shape index (κ1) is 17.7. The van der Waals surface area contributed by atoms with E-state index in [0.717, 1.165) is 38.2 Å². The molecule has 4 aromatic rings. The molecule has 27 heavy (non-hydrogen) atoms. The highest BCUT2D eigenvalue weighted by Gasteiger charge is 2.19. The van der Waals surface area contributed by atoms with Gasteiger partial charge in [0.05, 0.1) is 15.8 Å². The van der Waals surface area contributed by atoms with Crippen LogP contribution in [0.25, 0.3) is 20.8 Å². The minimum atomic E-state index is -3.86. The van der Waals surface area contributed by atoms with Gasteiger partial charge in [0.25, 0.3) is 10.0 Å². The number of fused-ring (bicyclic) bond motifs is 1. The molecule has 6 nitrogen and oxygen atoms in total. The fourth-order valence-corrected chi connectivity index (χ4v) is 5.65. The third-order valence-corrected chi connectivity index (χ3v) is 7.65. The molecule has 2 aromatic carbocycles. The van der Waals surface area contributed by atoms with Crippen LogP contribution in [0.5, 0.6) is 0 Å². The van der Waals surface area contributed by atoms with Crippen molar-refractivity contribution < 1.29 is 18.3 Å². The summed E-state index contributed by atoms with van der Waals surface area (Å²) >= 11 is 2.39. The van der Waals surface area contributed by atoms with E-state index in [-0.39, 0.29) is 9.77 Å². The fraction of sp³-hybridized carbons (Fsp3) is 0. The lowest BCUT2D eigenvalue weighted by Gasteiger charge is -2.07. The van der Waals surface area contributed by atoms with E-state index in [1.54, 1.807) is 18.2 Å². The third kappa shape index (κ3) is 3.57. The van der Waals surface area contributed by atoms with E-state index in [1.165, 1.54) is 16.7 Å². The van der Waals surface area contributed by atoms with Crippen LogP contribution in [0.15, 0.2) is 64.2 Å². The van der Waals surface area contributed by atoms with Gasteiger partial charge in [-0.05, 0) is 30.3 Å². The van der Waals surface area contributed by atoms with Gasteiger partial charge in [-0.15, -0.1) is 22.7 Å². The number of hydrogen-bond donors (Lipinski definition) is 2. The zero-order valence-electron chi connectivity index (χ0n) is 13.6. The number of carboxylic acid groups (broad SMARTS) is 1. The first-order valence-electron chi connectivity index (χ1n) is 7.73. The van der Waals surface area contributed by atoms with Gasteiger partial charge in [0, 0.05) is 16.6 Å². The molecule has 0 unspecified atom stereocenters. The van der Waals surface area contributed by atoms with Crippen LogP contribution in [0.2, 0.25) is 0 Å². The Kier molecular flexibility index (Phi) is 4.42. The number of carboxylic acids is 1. The van der Waals surface area contributed by atoms with Gasteiger partial charge in [-0.25, -0.2) is 18.2 Å². The van der Waals surface area contributed by atoms with E-state index in [9.17, 15) is 13.2 Å². The number of carbonyl (C=O) groups is 1. The molecule has 0 aliphatic carbocycles. The number of rotatable bonds is 5. The van der Waals surface area contributed by atoms with Gasteiger partial charge in [-0.1, -0.05) is 24.3 Å². The van der Waals surface area contributed by atoms with Crippen molar-refractivity contribution in [1.29, 1.82) is 0 Å². The molecule has 0 saturated heterocycles. The van der Waals surface area contributed by atoms with Crippen LogP contribution in [-0.4, -0.2) is 24.5 Å². The summed E-state index contributed by atoms with van der Waals surface area (Å²) in [6.07, 6.45) is 0. The predicted octanol–water partition coefficient (Wildman–Crippen LogP) is 4.52. The highest BCUT2D eigenvalue weighted by molar-refractivity contribution is 7.94. The van der Waals surface area contributed by atoms with E-state index in [0.29, 0.717) is 5.69 Å². The van der Waals surface area contributed by atoms with E-state index < -0.39 is 16.0 Å². The molecular formula is C18H12N2O4S3. The van der Waals surface area contributed by atoms with Crippen molar-refractivity contribution in [3.63, 3.8) is 0 Å². The maximum absolute atomic E-state index is 12.5. The van der Waals surface area contributed by atoms with Crippen LogP contribution in [0.3, 0.4) is 0 Å². The number of nitrogens with one attached hydrogen (secondary N) is 1. The van der Waals surface area contributed by atoms with Crippen molar-refractivity contribution in [2.45, 2.75) is 4.21 Å². The lowest BCUT2D eigenvalue weighted by molar-refractivity contribution is 0.0697. The van der Waals surface area contributed by atoms with E-state index in [1.807, 2.05) is 30.3 Å². The summed E-state index contributed by atoms with van der Waals surface area (Å²) in [6.45, 7) is 0. The van der Waals surface area contributed by atoms with Gasteiger partial charge in [-0.3, -0.25) is 4.72 Å². The second-order valence-corrected chi connectivity index (χ2v) is 9.48. The number of hydrogen-bond acceptors (Lipinski definition) is 6. The maximum atomic E-state index is 12.5. The van der Waals surface area contributed by atoms with E-state index in [4.69, 9.17) is 5.11 Å². The predicted molar refractivity (Wildman–Crippen MR) is 107 cm³/mol. The lowest BCUT2D eigenvalue weighted by atomic mass is 10.2. The van der Waals surface area contributed by atoms with Crippen LogP contribution in [0.4, 0.5) is 5.69 Å². The van der Waals surface area contributed by atoms with Crippen molar-refractivity contribution in [2.24, 2.45) is 0 Å². The standard InChI is InChI=1S/C18H12N2O4S3/c21-18(22)12-9-16(25-10-12)27(23,24)20-13-5-3-4-11(8-13)17-19-14-6-1-2-7-15(14)26-17/h1-10,20H,(H,21,22). The highest BCUT2D eigenvalue weighted by atomic mass is 32.2. The molecule has 0 bridgehead atoms. The van der Waals surface area contributed by atoms with Crippen LogP contribution in [0, 0.1) is 0 Å². The van der Waals surface area contributed by atoms with Gasteiger partial charge >= 0.3 is 5.97 Å². The summed E-state index contributed by atoms with van der Waals surface area (Å²) in [5, 5.41) is 11.1. The van der Waals surface area contributed by atoms with Gasteiger partial charge in [0.1, 0.15) is 9.22 Å².